The fourth-order valence-electron chi connectivity index (χ4n) is 3.49. The molecule has 0 aromatic heterocycles. The van der Waals surface area contributed by atoms with Gasteiger partial charge >= 0.3 is 0 Å². The van der Waals surface area contributed by atoms with E-state index in [4.69, 9.17) is 5.73 Å². The molecule has 0 spiro atoms. The molecular weight excluding hydrogens is 408 g/mol. The summed E-state index contributed by atoms with van der Waals surface area (Å²) in [7, 11) is 0. The van der Waals surface area contributed by atoms with E-state index < -0.39 is 16.4 Å². The second kappa shape index (κ2) is 11.0. The second-order valence-electron chi connectivity index (χ2n) is 7.39. The Morgan fingerprint density at radius 3 is 2.53 bits per heavy atom. The fraction of sp³-hybridized carbons (Fsp3) is 0.550. The molecule has 0 bridgehead atoms. The first-order valence-corrected chi connectivity index (χ1v) is 11.1. The topological polar surface area (TPSA) is 144 Å². The number of nitrogens with one attached hydrogen (secondary N) is 2. The second-order valence-corrected chi connectivity index (χ2v) is 8.41. The van der Waals surface area contributed by atoms with Crippen molar-refractivity contribution in [2.24, 2.45) is 5.73 Å². The van der Waals surface area contributed by atoms with Crippen LogP contribution in [0.3, 0.4) is 0 Å². The molecular formula is C20H28N4O5S. The standard InChI is InChI=1S/C20H28N4O5S/c1-2-3-11-22-19(27)20(9-5-4-6-10-20)23-17(25)13-30-16-8-7-14(18(21)26)12-15(16)24(28)29/h7-8,12H,2-6,9-11,13H2,1H3,(H2,21,26)(H,22,27)(H,23,25). The number of nitrogens with two attached hydrogens (primary N) is 1. The highest BCUT2D eigenvalue weighted by Gasteiger charge is 2.40. The van der Waals surface area contributed by atoms with Gasteiger partial charge in [0.1, 0.15) is 5.54 Å². The van der Waals surface area contributed by atoms with Crippen molar-refractivity contribution in [3.63, 3.8) is 0 Å². The molecule has 1 aliphatic rings. The van der Waals surface area contributed by atoms with E-state index in [1.54, 1.807) is 0 Å². The summed E-state index contributed by atoms with van der Waals surface area (Å²) in [6.07, 6.45) is 5.72. The largest absolute Gasteiger partial charge is 0.366 e. The molecule has 30 heavy (non-hydrogen) atoms. The zero-order chi connectivity index (χ0) is 22.1. The molecule has 0 unspecified atom stereocenters. The molecule has 10 heteroatoms. The Morgan fingerprint density at radius 1 is 1.23 bits per heavy atom. The number of nitrogens with zero attached hydrogens (tertiary/aromatic N) is 1. The van der Waals surface area contributed by atoms with Crippen LogP contribution in [-0.4, -0.2) is 40.5 Å². The van der Waals surface area contributed by atoms with Crippen LogP contribution < -0.4 is 16.4 Å². The fourth-order valence-corrected chi connectivity index (χ4v) is 4.30. The Hall–Kier alpha value is -2.62. The number of carbonyl (C=O) groups excluding carboxylic acids is 3. The number of primary amides is 1. The number of unbranched alkanes of at least 4 members (excludes halogenated alkanes) is 1. The van der Waals surface area contributed by atoms with Crippen molar-refractivity contribution in [2.45, 2.75) is 62.3 Å². The van der Waals surface area contributed by atoms with E-state index in [1.165, 1.54) is 12.1 Å². The van der Waals surface area contributed by atoms with Crippen LogP contribution in [-0.2, 0) is 9.59 Å². The van der Waals surface area contributed by atoms with Gasteiger partial charge in [-0.25, -0.2) is 0 Å². The maximum Gasteiger partial charge on any atom is 0.283 e. The molecule has 4 N–H and O–H groups in total. The first-order chi connectivity index (χ1) is 14.3. The molecule has 0 atom stereocenters. The van der Waals surface area contributed by atoms with E-state index in [0.717, 1.165) is 49.9 Å². The molecule has 9 nitrogen and oxygen atoms in total. The smallest absolute Gasteiger partial charge is 0.283 e. The monoisotopic (exact) mass is 436 g/mol. The van der Waals surface area contributed by atoms with Gasteiger partial charge in [-0.1, -0.05) is 32.6 Å². The Bertz CT molecular complexity index is 808. The SMILES string of the molecule is CCCCNC(=O)C1(NC(=O)CSc2ccc(C(N)=O)cc2[N+](=O)[O-])CCCCC1. The zero-order valence-electron chi connectivity index (χ0n) is 17.1. The van der Waals surface area contributed by atoms with Crippen molar-refractivity contribution in [3.05, 3.63) is 33.9 Å². The van der Waals surface area contributed by atoms with E-state index in [2.05, 4.69) is 10.6 Å². The Labute approximate surface area is 179 Å². The molecule has 1 aromatic rings. The molecule has 0 heterocycles. The highest BCUT2D eigenvalue weighted by atomic mass is 32.2. The van der Waals surface area contributed by atoms with Gasteiger partial charge in [0.25, 0.3) is 5.69 Å². The third kappa shape index (κ3) is 6.19. The lowest BCUT2D eigenvalue weighted by Gasteiger charge is -2.36. The van der Waals surface area contributed by atoms with E-state index in [1.807, 2.05) is 6.92 Å². The molecule has 164 valence electrons. The molecule has 2 rings (SSSR count). The minimum Gasteiger partial charge on any atom is -0.366 e. The number of carbonyl (C=O) groups is 3. The van der Waals surface area contributed by atoms with Crippen LogP contribution in [0, 0.1) is 10.1 Å². The predicted molar refractivity (Wildman–Crippen MR) is 114 cm³/mol. The first-order valence-electron chi connectivity index (χ1n) is 10.1. The van der Waals surface area contributed by atoms with Crippen molar-refractivity contribution in [2.75, 3.05) is 12.3 Å². The third-order valence-electron chi connectivity index (χ3n) is 5.14. The van der Waals surface area contributed by atoms with Crippen molar-refractivity contribution >= 4 is 35.2 Å². The summed E-state index contributed by atoms with van der Waals surface area (Å²) in [6, 6.07) is 3.90. The van der Waals surface area contributed by atoms with Crippen molar-refractivity contribution in [3.8, 4) is 0 Å². The van der Waals surface area contributed by atoms with Crippen LogP contribution in [0.2, 0.25) is 0 Å². The number of thioether (sulfide) groups is 1. The number of rotatable bonds is 10. The number of benzene rings is 1. The van der Waals surface area contributed by atoms with Gasteiger partial charge in [0.2, 0.25) is 17.7 Å². The normalized spacial score (nSPS) is 15.2. The van der Waals surface area contributed by atoms with E-state index >= 15 is 0 Å². The lowest BCUT2D eigenvalue weighted by atomic mass is 9.80. The molecule has 1 fully saturated rings. The van der Waals surface area contributed by atoms with Crippen molar-refractivity contribution < 1.29 is 19.3 Å². The highest BCUT2D eigenvalue weighted by Crippen LogP contribution is 2.31. The average molecular weight is 437 g/mol. The summed E-state index contributed by atoms with van der Waals surface area (Å²) >= 11 is 0.987. The molecule has 3 amide bonds. The van der Waals surface area contributed by atoms with Crippen molar-refractivity contribution in [1.29, 1.82) is 0 Å². The molecule has 0 radical (unpaired) electrons. The number of nitro groups is 1. The Kier molecular flexibility index (Phi) is 8.64. The van der Waals surface area contributed by atoms with Gasteiger partial charge in [-0.15, -0.1) is 11.8 Å². The number of hydrogen-bond donors (Lipinski definition) is 3. The molecule has 1 aromatic carbocycles. The summed E-state index contributed by atoms with van der Waals surface area (Å²) in [6.45, 7) is 2.61. The van der Waals surface area contributed by atoms with E-state index in [9.17, 15) is 24.5 Å². The predicted octanol–water partition coefficient (Wildman–Crippen LogP) is 2.52. The molecule has 0 saturated heterocycles. The zero-order valence-corrected chi connectivity index (χ0v) is 17.9. The van der Waals surface area contributed by atoms with Crippen LogP contribution in [0.4, 0.5) is 5.69 Å². The van der Waals surface area contributed by atoms with Crippen LogP contribution in [0.1, 0.15) is 62.2 Å². The van der Waals surface area contributed by atoms with Gasteiger partial charge in [-0.05, 0) is 31.4 Å². The van der Waals surface area contributed by atoms with Gasteiger partial charge in [-0.2, -0.15) is 0 Å². The minimum absolute atomic E-state index is 0.0282. The Balaban J connectivity index is 2.06. The van der Waals surface area contributed by atoms with Crippen LogP contribution in [0.5, 0.6) is 0 Å². The number of nitro benzene ring substituents is 1. The molecule has 1 saturated carbocycles. The summed E-state index contributed by atoms with van der Waals surface area (Å²) < 4.78 is 0. The average Bonchev–Trinajstić information content (AvgIpc) is 2.72. The van der Waals surface area contributed by atoms with Crippen LogP contribution in [0.15, 0.2) is 23.1 Å². The summed E-state index contributed by atoms with van der Waals surface area (Å²) in [5.41, 5.74) is 3.99. The lowest BCUT2D eigenvalue weighted by molar-refractivity contribution is -0.387. The summed E-state index contributed by atoms with van der Waals surface area (Å²) in [5.74, 6) is -1.37. The maximum absolute atomic E-state index is 12.8. The van der Waals surface area contributed by atoms with Crippen molar-refractivity contribution in [1.82, 2.24) is 10.6 Å². The highest BCUT2D eigenvalue weighted by molar-refractivity contribution is 8.00. The molecule has 0 aliphatic heterocycles. The van der Waals surface area contributed by atoms with Gasteiger partial charge in [0, 0.05) is 18.2 Å². The van der Waals surface area contributed by atoms with Gasteiger partial charge < -0.3 is 16.4 Å². The number of hydrogen-bond acceptors (Lipinski definition) is 6. The maximum atomic E-state index is 12.8. The minimum atomic E-state index is -0.925. The summed E-state index contributed by atoms with van der Waals surface area (Å²) in [5, 5.41) is 17.1. The van der Waals surface area contributed by atoms with Crippen LogP contribution >= 0.6 is 11.8 Å². The number of amides is 3. The first kappa shape index (κ1) is 23.7. The van der Waals surface area contributed by atoms with Crippen LogP contribution in [0.25, 0.3) is 0 Å². The quantitative estimate of drug-likeness (QED) is 0.222. The summed E-state index contributed by atoms with van der Waals surface area (Å²) in [4.78, 5) is 47.6. The third-order valence-corrected chi connectivity index (χ3v) is 6.20. The Morgan fingerprint density at radius 2 is 1.93 bits per heavy atom. The molecule has 1 aliphatic carbocycles. The van der Waals surface area contributed by atoms with E-state index in [0.29, 0.717) is 19.4 Å². The lowest BCUT2D eigenvalue weighted by Crippen LogP contribution is -2.60. The van der Waals surface area contributed by atoms with E-state index in [-0.39, 0.29) is 33.7 Å². The van der Waals surface area contributed by atoms with Gasteiger partial charge in [-0.3, -0.25) is 24.5 Å². The van der Waals surface area contributed by atoms with Gasteiger partial charge in [0.15, 0.2) is 0 Å². The van der Waals surface area contributed by atoms with Gasteiger partial charge in [0.05, 0.1) is 15.6 Å².